The molecule has 1 aliphatic heterocycles. The lowest BCUT2D eigenvalue weighted by Gasteiger charge is -2.31. The van der Waals surface area contributed by atoms with Crippen molar-refractivity contribution in [1.29, 1.82) is 0 Å². The Morgan fingerprint density at radius 1 is 0.955 bits per heavy atom. The van der Waals surface area contributed by atoms with Crippen LogP contribution in [-0.2, 0) is 5.60 Å². The summed E-state index contributed by atoms with van der Waals surface area (Å²) in [4.78, 5) is 0. The van der Waals surface area contributed by atoms with Gasteiger partial charge in [-0.1, -0.05) is 48.5 Å². The zero-order chi connectivity index (χ0) is 15.2. The summed E-state index contributed by atoms with van der Waals surface area (Å²) < 4.78 is 12.0. The van der Waals surface area contributed by atoms with E-state index >= 15 is 0 Å². The summed E-state index contributed by atoms with van der Waals surface area (Å²) in [6, 6.07) is 19.2. The normalized spacial score (nSPS) is 23.1. The van der Waals surface area contributed by atoms with Gasteiger partial charge in [0.05, 0.1) is 6.26 Å². The number of para-hydroxylation sites is 1. The van der Waals surface area contributed by atoms with Crippen LogP contribution in [0.4, 0.5) is 0 Å². The smallest absolute Gasteiger partial charge is 0.221 e. The van der Waals surface area contributed by atoms with Crippen LogP contribution in [0, 0.1) is 6.92 Å². The van der Waals surface area contributed by atoms with E-state index in [2.05, 4.69) is 0 Å². The minimum atomic E-state index is -1.04. The molecule has 4 rings (SSSR count). The molecular formula is C19H16O3. The van der Waals surface area contributed by atoms with Gasteiger partial charge in [-0.2, -0.15) is 0 Å². The SMILES string of the molecule is Cc1ccoc1[C@]1(c2ccccc2)Oc2ccccc2C1O. The maximum absolute atomic E-state index is 11.1. The summed E-state index contributed by atoms with van der Waals surface area (Å²) in [5.74, 6) is 1.33. The quantitative estimate of drug-likeness (QED) is 0.777. The first-order chi connectivity index (χ1) is 10.7. The molecule has 110 valence electrons. The highest BCUT2D eigenvalue weighted by Gasteiger charge is 2.53. The Hall–Kier alpha value is -2.52. The fraction of sp³-hybridized carbons (Fsp3) is 0.158. The van der Waals surface area contributed by atoms with E-state index in [-0.39, 0.29) is 0 Å². The highest BCUT2D eigenvalue weighted by Crippen LogP contribution is 2.53. The van der Waals surface area contributed by atoms with Crippen LogP contribution in [0.15, 0.2) is 71.3 Å². The molecule has 22 heavy (non-hydrogen) atoms. The lowest BCUT2D eigenvalue weighted by molar-refractivity contribution is -0.0162. The van der Waals surface area contributed by atoms with Gasteiger partial charge in [-0.3, -0.25) is 0 Å². The van der Waals surface area contributed by atoms with Crippen LogP contribution in [0.3, 0.4) is 0 Å². The molecule has 1 aromatic heterocycles. The number of ether oxygens (including phenoxy) is 1. The lowest BCUT2D eigenvalue weighted by atomic mass is 9.83. The third-order valence-corrected chi connectivity index (χ3v) is 4.27. The van der Waals surface area contributed by atoms with Crippen LogP contribution in [0.2, 0.25) is 0 Å². The summed E-state index contributed by atoms with van der Waals surface area (Å²) in [5.41, 5.74) is 1.56. The minimum Gasteiger partial charge on any atom is -0.471 e. The molecule has 0 spiro atoms. The molecule has 2 heterocycles. The molecule has 0 saturated carbocycles. The standard InChI is InChI=1S/C19H16O3/c1-13-11-12-21-18(13)19(14-7-3-2-4-8-14)17(20)15-9-5-6-10-16(15)22-19/h2-12,17,20H,1H3/t17?,19-/m1/s1. The van der Waals surface area contributed by atoms with Gasteiger partial charge in [0.25, 0.3) is 0 Å². The molecule has 3 heteroatoms. The predicted molar refractivity (Wildman–Crippen MR) is 82.7 cm³/mol. The highest BCUT2D eigenvalue weighted by atomic mass is 16.5. The highest BCUT2D eigenvalue weighted by molar-refractivity contribution is 5.50. The van der Waals surface area contributed by atoms with E-state index in [9.17, 15) is 5.11 Å². The molecule has 0 amide bonds. The van der Waals surface area contributed by atoms with Gasteiger partial charge in [0, 0.05) is 11.1 Å². The van der Waals surface area contributed by atoms with Gasteiger partial charge in [0.1, 0.15) is 11.9 Å². The Morgan fingerprint density at radius 2 is 1.68 bits per heavy atom. The predicted octanol–water partition coefficient (Wildman–Crippen LogP) is 3.96. The van der Waals surface area contributed by atoms with Gasteiger partial charge in [-0.05, 0) is 24.6 Å². The molecule has 2 atom stereocenters. The minimum absolute atomic E-state index is 0.641. The first-order valence-corrected chi connectivity index (χ1v) is 7.29. The molecule has 1 N–H and O–H groups in total. The van der Waals surface area contributed by atoms with Crippen molar-refractivity contribution in [3.05, 3.63) is 89.4 Å². The third kappa shape index (κ3) is 1.66. The molecule has 3 aromatic rings. The van der Waals surface area contributed by atoms with Crippen molar-refractivity contribution in [2.75, 3.05) is 0 Å². The van der Waals surface area contributed by atoms with Gasteiger partial charge < -0.3 is 14.3 Å². The first-order valence-electron chi connectivity index (χ1n) is 7.29. The number of aliphatic hydroxyl groups is 1. The summed E-state index contributed by atoms with van der Waals surface area (Å²) >= 11 is 0. The van der Waals surface area contributed by atoms with Crippen molar-refractivity contribution in [3.63, 3.8) is 0 Å². The summed E-state index contributed by atoms with van der Waals surface area (Å²) in [6.07, 6.45) is 0.810. The number of rotatable bonds is 2. The van der Waals surface area contributed by atoms with Crippen molar-refractivity contribution in [1.82, 2.24) is 0 Å². The monoisotopic (exact) mass is 292 g/mol. The molecule has 3 nitrogen and oxygen atoms in total. The van der Waals surface area contributed by atoms with Crippen LogP contribution in [-0.4, -0.2) is 5.11 Å². The van der Waals surface area contributed by atoms with Gasteiger partial charge in [0.15, 0.2) is 5.76 Å². The van der Waals surface area contributed by atoms with E-state index in [1.165, 1.54) is 0 Å². The number of benzene rings is 2. The fourth-order valence-corrected chi connectivity index (χ4v) is 3.20. The van der Waals surface area contributed by atoms with E-state index < -0.39 is 11.7 Å². The maximum Gasteiger partial charge on any atom is 0.221 e. The Morgan fingerprint density at radius 3 is 2.36 bits per heavy atom. The molecule has 2 aromatic carbocycles. The molecular weight excluding hydrogens is 276 g/mol. The number of fused-ring (bicyclic) bond motifs is 1. The molecule has 0 aliphatic carbocycles. The van der Waals surface area contributed by atoms with Crippen molar-refractivity contribution in [3.8, 4) is 5.75 Å². The third-order valence-electron chi connectivity index (χ3n) is 4.27. The van der Waals surface area contributed by atoms with E-state index in [1.807, 2.05) is 67.6 Å². The second-order valence-corrected chi connectivity index (χ2v) is 5.58. The lowest BCUT2D eigenvalue weighted by Crippen LogP contribution is -2.36. The van der Waals surface area contributed by atoms with Gasteiger partial charge in [0.2, 0.25) is 5.60 Å². The van der Waals surface area contributed by atoms with Crippen molar-refractivity contribution >= 4 is 0 Å². The molecule has 0 saturated heterocycles. The number of furan rings is 1. The van der Waals surface area contributed by atoms with Crippen molar-refractivity contribution in [2.24, 2.45) is 0 Å². The summed E-state index contributed by atoms with van der Waals surface area (Å²) in [5, 5.41) is 11.1. The zero-order valence-electron chi connectivity index (χ0n) is 12.2. The fourth-order valence-electron chi connectivity index (χ4n) is 3.20. The van der Waals surface area contributed by atoms with Crippen LogP contribution < -0.4 is 4.74 Å². The van der Waals surface area contributed by atoms with E-state index in [0.29, 0.717) is 11.5 Å². The molecule has 1 aliphatic rings. The first kappa shape index (κ1) is 13.2. The average molecular weight is 292 g/mol. The van der Waals surface area contributed by atoms with E-state index in [1.54, 1.807) is 6.26 Å². The Kier molecular flexibility index (Phi) is 2.84. The number of aryl methyl sites for hydroxylation is 1. The van der Waals surface area contributed by atoms with Gasteiger partial charge in [-0.25, -0.2) is 0 Å². The average Bonchev–Trinajstić information content (AvgIpc) is 3.11. The zero-order valence-corrected chi connectivity index (χ0v) is 12.2. The number of hydrogen-bond acceptors (Lipinski definition) is 3. The second-order valence-electron chi connectivity index (χ2n) is 5.58. The van der Waals surface area contributed by atoms with Gasteiger partial charge >= 0.3 is 0 Å². The number of aliphatic hydroxyl groups excluding tert-OH is 1. The topological polar surface area (TPSA) is 42.6 Å². The molecule has 0 radical (unpaired) electrons. The molecule has 0 bridgehead atoms. The van der Waals surface area contributed by atoms with Crippen LogP contribution in [0.1, 0.15) is 28.6 Å². The maximum atomic E-state index is 11.1. The van der Waals surface area contributed by atoms with Crippen molar-refractivity contribution < 1.29 is 14.3 Å². The number of hydrogen-bond donors (Lipinski definition) is 1. The van der Waals surface area contributed by atoms with E-state index in [4.69, 9.17) is 9.15 Å². The van der Waals surface area contributed by atoms with Crippen LogP contribution in [0.5, 0.6) is 5.75 Å². The largest absolute Gasteiger partial charge is 0.471 e. The molecule has 0 fully saturated rings. The Bertz CT molecular complexity index is 806. The summed E-state index contributed by atoms with van der Waals surface area (Å²) in [6.45, 7) is 1.96. The summed E-state index contributed by atoms with van der Waals surface area (Å²) in [7, 11) is 0. The molecule has 1 unspecified atom stereocenters. The van der Waals surface area contributed by atoms with Crippen LogP contribution in [0.25, 0.3) is 0 Å². The second kappa shape index (κ2) is 4.75. The Labute approximate surface area is 128 Å². The van der Waals surface area contributed by atoms with Gasteiger partial charge in [-0.15, -0.1) is 0 Å². The van der Waals surface area contributed by atoms with Crippen LogP contribution >= 0.6 is 0 Å². The van der Waals surface area contributed by atoms with Crippen molar-refractivity contribution in [2.45, 2.75) is 18.6 Å². The Balaban J connectivity index is 1.99. The van der Waals surface area contributed by atoms with E-state index in [0.717, 1.165) is 16.7 Å².